The van der Waals surface area contributed by atoms with Crippen LogP contribution < -0.4 is 14.8 Å². The number of thiazole rings is 1. The van der Waals surface area contributed by atoms with Crippen LogP contribution >= 0.6 is 11.3 Å². The van der Waals surface area contributed by atoms with Crippen molar-refractivity contribution in [1.29, 1.82) is 0 Å². The van der Waals surface area contributed by atoms with Gasteiger partial charge >= 0.3 is 0 Å². The number of ether oxygens (including phenoxy) is 2. The molecule has 1 N–H and O–H groups in total. The molecule has 0 fully saturated rings. The van der Waals surface area contributed by atoms with Gasteiger partial charge in [0.2, 0.25) is 0 Å². The maximum Gasteiger partial charge on any atom is 0.265 e. The molecule has 1 heterocycles. The second kappa shape index (κ2) is 8.22. The molecule has 1 aromatic heterocycles. The molecule has 27 heavy (non-hydrogen) atoms. The first-order valence-electron chi connectivity index (χ1n) is 8.61. The summed E-state index contributed by atoms with van der Waals surface area (Å²) in [6.07, 6.45) is -0.688. The molecule has 0 aliphatic heterocycles. The zero-order valence-electron chi connectivity index (χ0n) is 15.8. The first-order chi connectivity index (χ1) is 13.0. The average molecular weight is 382 g/mol. The van der Waals surface area contributed by atoms with Gasteiger partial charge < -0.3 is 14.8 Å². The van der Waals surface area contributed by atoms with Gasteiger partial charge in [-0.25, -0.2) is 4.98 Å². The Labute approximate surface area is 163 Å². The standard InChI is InChI=1S/C21H22N2O3S/c1-13-9-10-19(20(11-13)25-4)26-14(2)21(24)23-17-8-6-5-7-16(17)18-12-27-15(3)22-18/h5-12,14H,1-4H3,(H,23,24). The SMILES string of the molecule is COc1cc(C)ccc1OC(C)C(=O)Nc1ccccc1-c1csc(C)n1. The Kier molecular flexibility index (Phi) is 5.76. The van der Waals surface area contributed by atoms with E-state index in [1.807, 2.05) is 61.7 Å². The fourth-order valence-electron chi connectivity index (χ4n) is 2.65. The fourth-order valence-corrected chi connectivity index (χ4v) is 3.27. The molecule has 0 bridgehead atoms. The summed E-state index contributed by atoms with van der Waals surface area (Å²) in [6.45, 7) is 5.64. The van der Waals surface area contributed by atoms with E-state index in [0.29, 0.717) is 17.2 Å². The molecule has 6 heteroatoms. The van der Waals surface area contributed by atoms with Crippen LogP contribution in [0.1, 0.15) is 17.5 Å². The van der Waals surface area contributed by atoms with Crippen molar-refractivity contribution in [3.8, 4) is 22.8 Å². The number of carbonyl (C=O) groups excluding carboxylic acids is 1. The number of carbonyl (C=O) groups is 1. The summed E-state index contributed by atoms with van der Waals surface area (Å²) < 4.78 is 11.2. The van der Waals surface area contributed by atoms with E-state index in [9.17, 15) is 4.79 Å². The lowest BCUT2D eigenvalue weighted by atomic mass is 10.1. The average Bonchev–Trinajstić information content (AvgIpc) is 3.09. The van der Waals surface area contributed by atoms with E-state index >= 15 is 0 Å². The highest BCUT2D eigenvalue weighted by atomic mass is 32.1. The Balaban J connectivity index is 1.76. The summed E-state index contributed by atoms with van der Waals surface area (Å²) in [5, 5.41) is 5.91. The lowest BCUT2D eigenvalue weighted by Crippen LogP contribution is -2.30. The van der Waals surface area contributed by atoms with Crippen molar-refractivity contribution in [2.24, 2.45) is 0 Å². The zero-order chi connectivity index (χ0) is 19.4. The van der Waals surface area contributed by atoms with Crippen molar-refractivity contribution >= 4 is 22.9 Å². The zero-order valence-corrected chi connectivity index (χ0v) is 16.6. The van der Waals surface area contributed by atoms with E-state index in [4.69, 9.17) is 9.47 Å². The number of hydrogen-bond acceptors (Lipinski definition) is 5. The van der Waals surface area contributed by atoms with Gasteiger partial charge in [0, 0.05) is 10.9 Å². The highest BCUT2D eigenvalue weighted by molar-refractivity contribution is 7.09. The number of para-hydroxylation sites is 1. The molecule has 1 unspecified atom stereocenters. The number of hydrogen-bond donors (Lipinski definition) is 1. The van der Waals surface area contributed by atoms with E-state index in [0.717, 1.165) is 21.8 Å². The van der Waals surface area contributed by atoms with E-state index in [1.54, 1.807) is 25.4 Å². The van der Waals surface area contributed by atoms with Crippen molar-refractivity contribution in [3.05, 3.63) is 58.4 Å². The molecule has 0 aliphatic rings. The molecule has 0 spiro atoms. The highest BCUT2D eigenvalue weighted by Crippen LogP contribution is 2.30. The van der Waals surface area contributed by atoms with Crippen molar-refractivity contribution < 1.29 is 14.3 Å². The van der Waals surface area contributed by atoms with Gasteiger partial charge in [-0.3, -0.25) is 4.79 Å². The van der Waals surface area contributed by atoms with Gasteiger partial charge in [0.1, 0.15) is 0 Å². The summed E-state index contributed by atoms with van der Waals surface area (Å²) in [7, 11) is 1.58. The third-order valence-electron chi connectivity index (χ3n) is 4.07. The Morgan fingerprint density at radius 3 is 2.63 bits per heavy atom. The minimum Gasteiger partial charge on any atom is -0.493 e. The van der Waals surface area contributed by atoms with Crippen LogP contribution in [-0.4, -0.2) is 24.1 Å². The Bertz CT molecular complexity index is 952. The summed E-state index contributed by atoms with van der Waals surface area (Å²) in [6, 6.07) is 13.2. The van der Waals surface area contributed by atoms with Gasteiger partial charge in [-0.1, -0.05) is 24.3 Å². The second-order valence-corrected chi connectivity index (χ2v) is 7.26. The Hall–Kier alpha value is -2.86. The van der Waals surface area contributed by atoms with E-state index in [2.05, 4.69) is 10.3 Å². The lowest BCUT2D eigenvalue weighted by molar-refractivity contribution is -0.122. The minimum atomic E-state index is -0.688. The molecule has 0 saturated heterocycles. The Morgan fingerprint density at radius 1 is 1.15 bits per heavy atom. The third-order valence-corrected chi connectivity index (χ3v) is 4.85. The number of aryl methyl sites for hydroxylation is 2. The molecular weight excluding hydrogens is 360 g/mol. The van der Waals surface area contributed by atoms with E-state index in [-0.39, 0.29) is 5.91 Å². The van der Waals surface area contributed by atoms with Gasteiger partial charge in [-0.05, 0) is 44.5 Å². The number of amides is 1. The maximum absolute atomic E-state index is 12.7. The van der Waals surface area contributed by atoms with Crippen LogP contribution in [0.15, 0.2) is 47.8 Å². The molecule has 5 nitrogen and oxygen atoms in total. The van der Waals surface area contributed by atoms with Crippen LogP contribution in [0.3, 0.4) is 0 Å². The van der Waals surface area contributed by atoms with E-state index in [1.165, 1.54) is 0 Å². The summed E-state index contributed by atoms with van der Waals surface area (Å²) >= 11 is 1.58. The van der Waals surface area contributed by atoms with Gasteiger partial charge in [0.05, 0.1) is 23.5 Å². The second-order valence-electron chi connectivity index (χ2n) is 6.20. The maximum atomic E-state index is 12.7. The van der Waals surface area contributed by atoms with Crippen LogP contribution in [0, 0.1) is 13.8 Å². The fraction of sp³-hybridized carbons (Fsp3) is 0.238. The van der Waals surface area contributed by atoms with Gasteiger partial charge in [-0.15, -0.1) is 11.3 Å². The highest BCUT2D eigenvalue weighted by Gasteiger charge is 2.19. The molecule has 0 aliphatic carbocycles. The monoisotopic (exact) mass is 382 g/mol. The van der Waals surface area contributed by atoms with Crippen molar-refractivity contribution in [2.45, 2.75) is 26.9 Å². The molecule has 140 valence electrons. The van der Waals surface area contributed by atoms with E-state index < -0.39 is 6.10 Å². The molecule has 3 aromatic rings. The van der Waals surface area contributed by atoms with Crippen molar-refractivity contribution in [1.82, 2.24) is 4.98 Å². The number of methoxy groups -OCH3 is 1. The third kappa shape index (κ3) is 4.46. The molecule has 3 rings (SSSR count). The summed E-state index contributed by atoms with van der Waals surface area (Å²) in [4.78, 5) is 17.2. The first kappa shape index (κ1) is 18.9. The minimum absolute atomic E-state index is 0.239. The predicted molar refractivity (Wildman–Crippen MR) is 109 cm³/mol. The predicted octanol–water partition coefficient (Wildman–Crippen LogP) is 4.84. The summed E-state index contributed by atoms with van der Waals surface area (Å²) in [5.74, 6) is 0.902. The molecule has 1 amide bonds. The largest absolute Gasteiger partial charge is 0.493 e. The lowest BCUT2D eigenvalue weighted by Gasteiger charge is -2.18. The van der Waals surface area contributed by atoms with Crippen molar-refractivity contribution in [3.63, 3.8) is 0 Å². The number of rotatable bonds is 6. The number of anilines is 1. The van der Waals surface area contributed by atoms with Crippen LogP contribution in [-0.2, 0) is 4.79 Å². The van der Waals surface area contributed by atoms with Crippen LogP contribution in [0.5, 0.6) is 11.5 Å². The Morgan fingerprint density at radius 2 is 1.93 bits per heavy atom. The topological polar surface area (TPSA) is 60.5 Å². The van der Waals surface area contributed by atoms with Crippen LogP contribution in [0.4, 0.5) is 5.69 Å². The van der Waals surface area contributed by atoms with Crippen molar-refractivity contribution in [2.75, 3.05) is 12.4 Å². The normalized spacial score (nSPS) is 11.7. The summed E-state index contributed by atoms with van der Waals surface area (Å²) in [5.41, 5.74) is 3.50. The first-order valence-corrected chi connectivity index (χ1v) is 9.49. The molecule has 0 saturated carbocycles. The number of nitrogens with zero attached hydrogens (tertiary/aromatic N) is 1. The quantitative estimate of drug-likeness (QED) is 0.663. The number of aromatic nitrogens is 1. The van der Waals surface area contributed by atoms with Gasteiger partial charge in [-0.2, -0.15) is 0 Å². The number of nitrogens with one attached hydrogen (secondary N) is 1. The molecule has 2 aromatic carbocycles. The number of benzene rings is 2. The van der Waals surface area contributed by atoms with Gasteiger partial charge in [0.15, 0.2) is 17.6 Å². The smallest absolute Gasteiger partial charge is 0.265 e. The van der Waals surface area contributed by atoms with Crippen LogP contribution in [0.2, 0.25) is 0 Å². The van der Waals surface area contributed by atoms with Crippen LogP contribution in [0.25, 0.3) is 11.3 Å². The molecule has 0 radical (unpaired) electrons. The van der Waals surface area contributed by atoms with Gasteiger partial charge in [0.25, 0.3) is 5.91 Å². The molecule has 1 atom stereocenters. The molecular formula is C21H22N2O3S.